The predicted molar refractivity (Wildman–Crippen MR) is 131 cm³/mol. The standard InChI is InChI=1S/C21H26N2O9S4/c1-34(26,27)18-6-8-19(9-7-18)35(28,29)22-12-10-21(11-13-22)23(14-15-32-21)36(30,31)20-4-2-17(3-5-20)16-33(24)25/h2-9H,10-16H2,1H3,(H,24,25). The maximum absolute atomic E-state index is 13.4. The van der Waals surface area contributed by atoms with Crippen molar-refractivity contribution in [3.05, 3.63) is 54.1 Å². The second kappa shape index (κ2) is 9.87. The summed E-state index contributed by atoms with van der Waals surface area (Å²) in [6.45, 7) is 0.317. The van der Waals surface area contributed by atoms with Gasteiger partial charge in [-0.2, -0.15) is 8.61 Å². The monoisotopic (exact) mass is 578 g/mol. The number of benzene rings is 2. The lowest BCUT2D eigenvalue weighted by Crippen LogP contribution is -2.55. The number of sulfone groups is 1. The Kier molecular flexibility index (Phi) is 7.49. The Morgan fingerprint density at radius 2 is 1.33 bits per heavy atom. The Balaban J connectivity index is 1.51. The van der Waals surface area contributed by atoms with Crippen LogP contribution in [0.1, 0.15) is 18.4 Å². The predicted octanol–water partition coefficient (Wildman–Crippen LogP) is 1.01. The molecule has 198 valence electrons. The molecule has 11 nitrogen and oxygen atoms in total. The van der Waals surface area contributed by atoms with Crippen molar-refractivity contribution in [2.75, 3.05) is 32.5 Å². The highest BCUT2D eigenvalue weighted by molar-refractivity contribution is 7.91. The van der Waals surface area contributed by atoms with E-state index in [-0.39, 0.29) is 59.5 Å². The van der Waals surface area contributed by atoms with Gasteiger partial charge in [-0.3, -0.25) is 0 Å². The Labute approximate surface area is 213 Å². The van der Waals surface area contributed by atoms with Crippen LogP contribution in [0.5, 0.6) is 0 Å². The topological polar surface area (TPSA) is 155 Å². The van der Waals surface area contributed by atoms with Gasteiger partial charge in [0.05, 0.1) is 27.0 Å². The maximum Gasteiger partial charge on any atom is 0.245 e. The van der Waals surface area contributed by atoms with Gasteiger partial charge in [0, 0.05) is 38.7 Å². The molecule has 2 fully saturated rings. The first-order valence-corrected chi connectivity index (χ1v) is 16.9. The van der Waals surface area contributed by atoms with E-state index in [1.807, 2.05) is 0 Å². The third kappa shape index (κ3) is 5.29. The van der Waals surface area contributed by atoms with Crippen LogP contribution in [0.3, 0.4) is 0 Å². The molecule has 2 aliphatic rings. The summed E-state index contributed by atoms with van der Waals surface area (Å²) in [6, 6.07) is 10.7. The van der Waals surface area contributed by atoms with Crippen molar-refractivity contribution in [2.45, 2.75) is 39.0 Å². The van der Waals surface area contributed by atoms with Gasteiger partial charge in [-0.05, 0) is 42.0 Å². The summed E-state index contributed by atoms with van der Waals surface area (Å²) in [4.78, 5) is -0.0238. The van der Waals surface area contributed by atoms with Crippen LogP contribution in [-0.4, -0.2) is 80.8 Å². The summed E-state index contributed by atoms with van der Waals surface area (Å²) in [5.41, 5.74) is -0.666. The van der Waals surface area contributed by atoms with Crippen molar-refractivity contribution in [1.29, 1.82) is 0 Å². The van der Waals surface area contributed by atoms with Crippen LogP contribution >= 0.6 is 0 Å². The molecule has 36 heavy (non-hydrogen) atoms. The van der Waals surface area contributed by atoms with E-state index in [0.29, 0.717) is 5.56 Å². The van der Waals surface area contributed by atoms with Crippen LogP contribution in [0.4, 0.5) is 0 Å². The van der Waals surface area contributed by atoms with E-state index in [4.69, 9.17) is 9.29 Å². The van der Waals surface area contributed by atoms with E-state index >= 15 is 0 Å². The van der Waals surface area contributed by atoms with Crippen LogP contribution in [0, 0.1) is 0 Å². The average molecular weight is 579 g/mol. The molecule has 1 N–H and O–H groups in total. The molecule has 4 rings (SSSR count). The number of ether oxygens (including phenoxy) is 1. The summed E-state index contributed by atoms with van der Waals surface area (Å²) in [5.74, 6) is -0.113. The second-order valence-corrected chi connectivity index (χ2v) is 15.4. The van der Waals surface area contributed by atoms with Gasteiger partial charge < -0.3 is 9.29 Å². The summed E-state index contributed by atoms with van der Waals surface area (Å²) >= 11 is -2.05. The summed E-state index contributed by atoms with van der Waals surface area (Å²) < 4.78 is 105. The van der Waals surface area contributed by atoms with Crippen molar-refractivity contribution >= 4 is 41.0 Å². The fourth-order valence-corrected chi connectivity index (χ4v) is 8.71. The van der Waals surface area contributed by atoms with E-state index in [2.05, 4.69) is 0 Å². The van der Waals surface area contributed by atoms with Gasteiger partial charge in [-0.1, -0.05) is 12.1 Å². The number of hydrogen-bond acceptors (Lipinski definition) is 8. The minimum atomic E-state index is -3.97. The van der Waals surface area contributed by atoms with E-state index in [9.17, 15) is 29.5 Å². The Morgan fingerprint density at radius 1 is 0.833 bits per heavy atom. The Hall–Kier alpha value is -1.72. The molecular formula is C21H26N2O9S4. The highest BCUT2D eigenvalue weighted by Gasteiger charge is 2.51. The van der Waals surface area contributed by atoms with Crippen LogP contribution in [-0.2, 0) is 51.5 Å². The van der Waals surface area contributed by atoms with Crippen LogP contribution in [0.25, 0.3) is 0 Å². The van der Waals surface area contributed by atoms with Crippen molar-refractivity contribution in [1.82, 2.24) is 8.61 Å². The largest absolute Gasteiger partial charge is 0.358 e. The lowest BCUT2D eigenvalue weighted by Gasteiger charge is -2.42. The van der Waals surface area contributed by atoms with Crippen molar-refractivity contribution in [3.63, 3.8) is 0 Å². The van der Waals surface area contributed by atoms with E-state index in [1.54, 1.807) is 0 Å². The summed E-state index contributed by atoms with van der Waals surface area (Å²) in [6.07, 6.45) is 1.27. The van der Waals surface area contributed by atoms with Gasteiger partial charge >= 0.3 is 0 Å². The molecule has 0 aromatic heterocycles. The number of nitrogens with zero attached hydrogens (tertiary/aromatic N) is 2. The zero-order valence-electron chi connectivity index (χ0n) is 19.3. The Morgan fingerprint density at radius 3 is 1.86 bits per heavy atom. The molecule has 2 aromatic rings. The highest BCUT2D eigenvalue weighted by atomic mass is 32.2. The molecule has 2 aliphatic heterocycles. The quantitative estimate of drug-likeness (QED) is 0.474. The molecule has 0 radical (unpaired) electrons. The third-order valence-corrected chi connectivity index (χ3v) is 11.9. The van der Waals surface area contributed by atoms with Gasteiger partial charge in [0.15, 0.2) is 20.9 Å². The minimum Gasteiger partial charge on any atom is -0.358 e. The highest BCUT2D eigenvalue weighted by Crippen LogP contribution is 2.39. The SMILES string of the molecule is CS(=O)(=O)c1ccc(S(=O)(=O)N2CCC3(CC2)OCCN3S(=O)(=O)c2ccc(CS(=O)O)cc2)cc1. The van der Waals surface area contributed by atoms with Gasteiger partial charge in [0.25, 0.3) is 0 Å². The normalized spacial score (nSPS) is 20.5. The van der Waals surface area contributed by atoms with E-state index in [0.717, 1.165) is 6.26 Å². The first kappa shape index (κ1) is 27.3. The zero-order valence-corrected chi connectivity index (χ0v) is 22.6. The molecular weight excluding hydrogens is 553 g/mol. The smallest absolute Gasteiger partial charge is 0.245 e. The van der Waals surface area contributed by atoms with Gasteiger partial charge in [-0.15, -0.1) is 0 Å². The second-order valence-electron chi connectivity index (χ2n) is 8.63. The molecule has 1 unspecified atom stereocenters. The molecule has 0 saturated carbocycles. The first-order valence-electron chi connectivity index (χ1n) is 10.9. The molecule has 0 aliphatic carbocycles. The molecule has 2 heterocycles. The fourth-order valence-electron chi connectivity index (χ4n) is 4.44. The number of piperidine rings is 1. The van der Waals surface area contributed by atoms with E-state index in [1.165, 1.54) is 57.1 Å². The number of hydrogen-bond donors (Lipinski definition) is 1. The fraction of sp³-hybridized carbons (Fsp3) is 0.429. The molecule has 2 aromatic carbocycles. The molecule has 0 bridgehead atoms. The van der Waals surface area contributed by atoms with Gasteiger partial charge in [0.1, 0.15) is 5.72 Å². The lowest BCUT2D eigenvalue weighted by atomic mass is 10.0. The molecule has 15 heteroatoms. The maximum atomic E-state index is 13.4. The average Bonchev–Trinajstić information content (AvgIpc) is 3.22. The van der Waals surface area contributed by atoms with Crippen LogP contribution in [0.15, 0.2) is 63.2 Å². The lowest BCUT2D eigenvalue weighted by molar-refractivity contribution is -0.0806. The summed E-state index contributed by atoms with van der Waals surface area (Å²) in [5, 5.41) is 0. The van der Waals surface area contributed by atoms with Crippen LogP contribution in [0.2, 0.25) is 0 Å². The molecule has 0 amide bonds. The van der Waals surface area contributed by atoms with Crippen LogP contribution < -0.4 is 0 Å². The summed E-state index contributed by atoms with van der Waals surface area (Å²) in [7, 11) is -11.4. The first-order chi connectivity index (χ1) is 16.8. The minimum absolute atomic E-state index is 0.0110. The van der Waals surface area contributed by atoms with Gasteiger partial charge in [0.2, 0.25) is 20.0 Å². The van der Waals surface area contributed by atoms with E-state index < -0.39 is 46.7 Å². The third-order valence-electron chi connectivity index (χ3n) is 6.31. The van der Waals surface area contributed by atoms with Crippen molar-refractivity contribution < 1.29 is 38.8 Å². The molecule has 1 spiro atoms. The number of sulfonamides is 2. The van der Waals surface area contributed by atoms with Gasteiger partial charge in [-0.25, -0.2) is 29.5 Å². The number of rotatable bonds is 7. The van der Waals surface area contributed by atoms with Crippen molar-refractivity contribution in [2.24, 2.45) is 0 Å². The Bertz CT molecular complexity index is 1460. The molecule has 2 saturated heterocycles. The zero-order chi connectivity index (χ0) is 26.4. The van der Waals surface area contributed by atoms with Crippen molar-refractivity contribution in [3.8, 4) is 0 Å². The molecule has 1 atom stereocenters.